The third-order valence-corrected chi connectivity index (χ3v) is 4.06. The molecule has 1 aromatic carbocycles. The van der Waals surface area contributed by atoms with Crippen LogP contribution in [0.15, 0.2) is 43.0 Å². The Morgan fingerprint density at radius 1 is 1.26 bits per heavy atom. The van der Waals surface area contributed by atoms with Gasteiger partial charge in [0.1, 0.15) is 12.4 Å². The van der Waals surface area contributed by atoms with E-state index in [4.69, 9.17) is 0 Å². The quantitative estimate of drug-likeness (QED) is 0.542. The van der Waals surface area contributed by atoms with Gasteiger partial charge in [0.2, 0.25) is 6.04 Å². The lowest BCUT2D eigenvalue weighted by Gasteiger charge is -2.15. The van der Waals surface area contributed by atoms with Crippen LogP contribution in [0.4, 0.5) is 0 Å². The number of nitro groups is 1. The van der Waals surface area contributed by atoms with E-state index in [-0.39, 0.29) is 4.92 Å². The second-order valence-corrected chi connectivity index (χ2v) is 5.53. The fourth-order valence-corrected chi connectivity index (χ4v) is 2.78. The zero-order chi connectivity index (χ0) is 15.8. The Balaban J connectivity index is 1.61. The second kappa shape index (κ2) is 5.31. The van der Waals surface area contributed by atoms with Crippen LogP contribution < -0.4 is 0 Å². The minimum Gasteiger partial charge on any atom is -0.306 e. The summed E-state index contributed by atoms with van der Waals surface area (Å²) in [6.07, 6.45) is 6.45. The van der Waals surface area contributed by atoms with Gasteiger partial charge in [-0.15, -0.1) is 0 Å². The second-order valence-electron chi connectivity index (χ2n) is 5.53. The molecule has 8 nitrogen and oxygen atoms in total. The van der Waals surface area contributed by atoms with Crippen molar-refractivity contribution < 1.29 is 4.92 Å². The Hall–Kier alpha value is -3.03. The van der Waals surface area contributed by atoms with Crippen molar-refractivity contribution >= 4 is 0 Å². The molecule has 0 radical (unpaired) electrons. The van der Waals surface area contributed by atoms with Gasteiger partial charge in [-0.2, -0.15) is 5.10 Å². The average Bonchev–Trinajstić information content (AvgIpc) is 3.23. The number of hydrogen-bond donors (Lipinski definition) is 0. The molecule has 1 aliphatic heterocycles. The SMILES string of the molecule is O=[N+]([O-])C1CCc2nc(-c3ccc(-n4ccnc4)cc3)nn2C1. The van der Waals surface area contributed by atoms with Crippen molar-refractivity contribution in [2.45, 2.75) is 25.4 Å². The number of imidazole rings is 1. The topological polar surface area (TPSA) is 91.7 Å². The van der Waals surface area contributed by atoms with Gasteiger partial charge in [-0.3, -0.25) is 10.1 Å². The highest BCUT2D eigenvalue weighted by Crippen LogP contribution is 2.22. The Labute approximate surface area is 131 Å². The number of rotatable bonds is 3. The van der Waals surface area contributed by atoms with Gasteiger partial charge in [-0.05, 0) is 24.3 Å². The van der Waals surface area contributed by atoms with Gasteiger partial charge in [0.25, 0.3) is 0 Å². The fourth-order valence-electron chi connectivity index (χ4n) is 2.78. The molecule has 0 spiro atoms. The van der Waals surface area contributed by atoms with E-state index in [0.29, 0.717) is 25.2 Å². The lowest BCUT2D eigenvalue weighted by Crippen LogP contribution is -2.31. The van der Waals surface area contributed by atoms with Crippen molar-refractivity contribution in [2.75, 3.05) is 0 Å². The molecule has 0 aliphatic carbocycles. The van der Waals surface area contributed by atoms with Crippen LogP contribution >= 0.6 is 0 Å². The van der Waals surface area contributed by atoms with Gasteiger partial charge in [-0.1, -0.05) is 0 Å². The summed E-state index contributed by atoms with van der Waals surface area (Å²) in [6.45, 7) is 0.294. The van der Waals surface area contributed by atoms with Crippen molar-refractivity contribution in [1.29, 1.82) is 0 Å². The molecular formula is C15H14N6O2. The van der Waals surface area contributed by atoms with E-state index in [1.165, 1.54) is 0 Å². The smallest absolute Gasteiger partial charge is 0.232 e. The Morgan fingerprint density at radius 2 is 2.09 bits per heavy atom. The number of benzene rings is 1. The molecule has 23 heavy (non-hydrogen) atoms. The lowest BCUT2D eigenvalue weighted by molar-refractivity contribution is -0.527. The van der Waals surface area contributed by atoms with Gasteiger partial charge in [-0.25, -0.2) is 14.6 Å². The number of fused-ring (bicyclic) bond motifs is 1. The van der Waals surface area contributed by atoms with Crippen molar-refractivity contribution in [3.8, 4) is 17.1 Å². The van der Waals surface area contributed by atoms with E-state index < -0.39 is 6.04 Å². The first-order valence-corrected chi connectivity index (χ1v) is 7.37. The summed E-state index contributed by atoms with van der Waals surface area (Å²) >= 11 is 0. The molecule has 0 amide bonds. The zero-order valence-corrected chi connectivity index (χ0v) is 12.2. The van der Waals surface area contributed by atoms with Gasteiger partial charge in [0.15, 0.2) is 5.82 Å². The van der Waals surface area contributed by atoms with Crippen LogP contribution in [0, 0.1) is 10.1 Å². The summed E-state index contributed by atoms with van der Waals surface area (Å²) in [7, 11) is 0. The zero-order valence-electron chi connectivity index (χ0n) is 12.2. The maximum absolute atomic E-state index is 10.9. The third-order valence-electron chi connectivity index (χ3n) is 4.06. The lowest BCUT2D eigenvalue weighted by atomic mass is 10.1. The highest BCUT2D eigenvalue weighted by Gasteiger charge is 2.29. The fraction of sp³-hybridized carbons (Fsp3) is 0.267. The minimum atomic E-state index is -0.569. The standard InChI is InChI=1S/C15H14N6O2/c22-21(23)13-5-6-14-17-15(18-20(14)9-13)11-1-3-12(4-2-11)19-8-7-16-10-19/h1-4,7-8,10,13H,5-6,9H2. The van der Waals surface area contributed by atoms with E-state index in [1.54, 1.807) is 17.2 Å². The average molecular weight is 310 g/mol. The normalized spacial score (nSPS) is 17.0. The summed E-state index contributed by atoms with van der Waals surface area (Å²) in [5, 5.41) is 15.4. The number of nitrogens with zero attached hydrogens (tertiary/aromatic N) is 6. The Bertz CT molecular complexity index is 837. The van der Waals surface area contributed by atoms with Crippen LogP contribution in [0.3, 0.4) is 0 Å². The van der Waals surface area contributed by atoms with Crippen LogP contribution in [0.1, 0.15) is 12.2 Å². The maximum Gasteiger partial charge on any atom is 0.232 e. The summed E-state index contributed by atoms with van der Waals surface area (Å²) in [4.78, 5) is 19.2. The first-order chi connectivity index (χ1) is 11.2. The van der Waals surface area contributed by atoms with Crippen molar-refractivity contribution in [3.05, 3.63) is 58.9 Å². The van der Waals surface area contributed by atoms with Crippen LogP contribution in [-0.2, 0) is 13.0 Å². The molecule has 3 aromatic rings. The molecule has 0 N–H and O–H groups in total. The first kappa shape index (κ1) is 13.6. The van der Waals surface area contributed by atoms with Crippen LogP contribution in [-0.4, -0.2) is 35.3 Å². The molecule has 0 saturated carbocycles. The van der Waals surface area contributed by atoms with Crippen LogP contribution in [0.2, 0.25) is 0 Å². The van der Waals surface area contributed by atoms with Crippen molar-refractivity contribution in [2.24, 2.45) is 0 Å². The molecule has 0 saturated heterocycles. The van der Waals surface area contributed by atoms with Crippen molar-refractivity contribution in [1.82, 2.24) is 24.3 Å². The van der Waals surface area contributed by atoms with E-state index in [0.717, 1.165) is 17.1 Å². The van der Waals surface area contributed by atoms with Gasteiger partial charge in [0, 0.05) is 41.4 Å². The van der Waals surface area contributed by atoms with Crippen LogP contribution in [0.25, 0.3) is 17.1 Å². The van der Waals surface area contributed by atoms with E-state index in [1.807, 2.05) is 35.0 Å². The summed E-state index contributed by atoms with van der Waals surface area (Å²) < 4.78 is 3.58. The Morgan fingerprint density at radius 3 is 2.78 bits per heavy atom. The molecule has 1 atom stereocenters. The minimum absolute atomic E-state index is 0.232. The van der Waals surface area contributed by atoms with E-state index >= 15 is 0 Å². The molecular weight excluding hydrogens is 296 g/mol. The number of aromatic nitrogens is 5. The van der Waals surface area contributed by atoms with Gasteiger partial charge in [0.05, 0.1) is 6.33 Å². The number of aryl methyl sites for hydroxylation is 1. The Kier molecular flexibility index (Phi) is 3.14. The molecule has 8 heteroatoms. The molecule has 116 valence electrons. The molecule has 1 aliphatic rings. The summed E-state index contributed by atoms with van der Waals surface area (Å²) in [5.74, 6) is 1.43. The van der Waals surface area contributed by atoms with Crippen molar-refractivity contribution in [3.63, 3.8) is 0 Å². The summed E-state index contributed by atoms with van der Waals surface area (Å²) in [5.41, 5.74) is 1.90. The molecule has 1 unspecified atom stereocenters. The molecule has 0 bridgehead atoms. The monoisotopic (exact) mass is 310 g/mol. The predicted octanol–water partition coefficient (Wildman–Crippen LogP) is 1.72. The highest BCUT2D eigenvalue weighted by molar-refractivity contribution is 5.57. The van der Waals surface area contributed by atoms with E-state index in [2.05, 4.69) is 15.1 Å². The first-order valence-electron chi connectivity index (χ1n) is 7.37. The molecule has 0 fully saturated rings. The molecule has 2 aromatic heterocycles. The number of hydrogen-bond acceptors (Lipinski definition) is 5. The predicted molar refractivity (Wildman–Crippen MR) is 81.7 cm³/mol. The van der Waals surface area contributed by atoms with Gasteiger partial charge >= 0.3 is 0 Å². The van der Waals surface area contributed by atoms with Gasteiger partial charge < -0.3 is 4.57 Å². The van der Waals surface area contributed by atoms with Crippen LogP contribution in [0.5, 0.6) is 0 Å². The third kappa shape index (κ3) is 2.48. The molecule has 4 rings (SSSR count). The summed E-state index contributed by atoms with van der Waals surface area (Å²) in [6, 6.07) is 7.26. The molecule has 3 heterocycles. The highest BCUT2D eigenvalue weighted by atomic mass is 16.6. The largest absolute Gasteiger partial charge is 0.306 e. The maximum atomic E-state index is 10.9. The van der Waals surface area contributed by atoms with E-state index in [9.17, 15) is 10.1 Å².